The lowest BCUT2D eigenvalue weighted by Crippen LogP contribution is -2.20. The van der Waals surface area contributed by atoms with Crippen LogP contribution in [0.25, 0.3) is 0 Å². The van der Waals surface area contributed by atoms with E-state index < -0.39 is 0 Å². The van der Waals surface area contributed by atoms with Crippen LogP contribution in [0, 0.1) is 6.92 Å². The number of cyclic esters (lactones) is 1. The summed E-state index contributed by atoms with van der Waals surface area (Å²) in [4.78, 5) is 10.7. The Bertz CT molecular complexity index is 321. The number of nitrogens with zero attached hydrogens (tertiary/aromatic N) is 2. The Hall–Kier alpha value is -1.52. The van der Waals surface area contributed by atoms with Crippen LogP contribution >= 0.6 is 0 Å². The van der Waals surface area contributed by atoms with Crippen molar-refractivity contribution in [3.63, 3.8) is 0 Å². The highest BCUT2D eigenvalue weighted by atomic mass is 16.6. The van der Waals surface area contributed by atoms with E-state index >= 15 is 0 Å². The summed E-state index contributed by atoms with van der Waals surface area (Å²) in [5.74, 6) is 0. The Morgan fingerprint density at radius 1 is 1.85 bits per heavy atom. The van der Waals surface area contributed by atoms with Crippen LogP contribution in [0.2, 0.25) is 0 Å². The summed E-state index contributed by atoms with van der Waals surface area (Å²) in [6, 6.07) is 1.92. The molecule has 13 heavy (non-hydrogen) atoms. The molecule has 0 radical (unpaired) electrons. The number of carbonyl (C=O) groups is 1. The number of rotatable bonds is 2. The third-order valence-corrected chi connectivity index (χ3v) is 1.91. The van der Waals surface area contributed by atoms with Gasteiger partial charge < -0.3 is 10.1 Å². The van der Waals surface area contributed by atoms with Crippen molar-refractivity contribution < 1.29 is 9.53 Å². The molecule has 0 aliphatic carbocycles. The first-order chi connectivity index (χ1) is 6.24. The van der Waals surface area contributed by atoms with Crippen molar-refractivity contribution in [3.05, 3.63) is 18.0 Å². The van der Waals surface area contributed by atoms with Gasteiger partial charge in [-0.25, -0.2) is 4.79 Å². The Morgan fingerprint density at radius 2 is 2.69 bits per heavy atom. The van der Waals surface area contributed by atoms with Crippen LogP contribution in [0.1, 0.15) is 5.69 Å². The number of amides is 1. The van der Waals surface area contributed by atoms with Gasteiger partial charge in [0.25, 0.3) is 0 Å². The molecule has 1 aromatic rings. The maximum absolute atomic E-state index is 10.7. The van der Waals surface area contributed by atoms with E-state index in [2.05, 4.69) is 10.4 Å². The minimum atomic E-state index is -0.339. The summed E-state index contributed by atoms with van der Waals surface area (Å²) >= 11 is 0. The quantitative estimate of drug-likeness (QED) is 0.713. The summed E-state index contributed by atoms with van der Waals surface area (Å²) in [5.41, 5.74) is 0.970. The lowest BCUT2D eigenvalue weighted by Gasteiger charge is -2.06. The summed E-state index contributed by atoms with van der Waals surface area (Å²) < 4.78 is 6.74. The van der Waals surface area contributed by atoms with Gasteiger partial charge in [-0.3, -0.25) is 4.68 Å². The number of aryl methyl sites for hydroxylation is 1. The zero-order chi connectivity index (χ0) is 9.26. The fraction of sp³-hybridized carbons (Fsp3) is 0.500. The molecule has 1 N–H and O–H groups in total. The van der Waals surface area contributed by atoms with Crippen LogP contribution in [0.15, 0.2) is 12.3 Å². The number of ether oxygens (including phenoxy) is 1. The molecule has 1 aliphatic rings. The molecule has 1 amide bonds. The molecule has 1 saturated heterocycles. The summed E-state index contributed by atoms with van der Waals surface area (Å²) in [7, 11) is 0. The van der Waals surface area contributed by atoms with Gasteiger partial charge in [-0.1, -0.05) is 0 Å². The molecule has 0 spiro atoms. The number of hydrogen-bond donors (Lipinski definition) is 1. The average molecular weight is 181 g/mol. The lowest BCUT2D eigenvalue weighted by molar-refractivity contribution is 0.128. The highest BCUT2D eigenvalue weighted by molar-refractivity contribution is 5.69. The lowest BCUT2D eigenvalue weighted by atomic mass is 10.4. The van der Waals surface area contributed by atoms with E-state index in [1.807, 2.05) is 19.2 Å². The fourth-order valence-corrected chi connectivity index (χ4v) is 1.31. The molecule has 0 saturated carbocycles. The van der Waals surface area contributed by atoms with Crippen LogP contribution in [0.4, 0.5) is 4.79 Å². The number of nitrogens with one attached hydrogen (secondary N) is 1. The molecule has 1 aromatic heterocycles. The van der Waals surface area contributed by atoms with E-state index in [1.165, 1.54) is 0 Å². The van der Waals surface area contributed by atoms with E-state index in [0.29, 0.717) is 13.1 Å². The van der Waals surface area contributed by atoms with Crippen molar-refractivity contribution in [3.8, 4) is 0 Å². The second-order valence-corrected chi connectivity index (χ2v) is 3.09. The maximum Gasteiger partial charge on any atom is 0.407 e. The largest absolute Gasteiger partial charge is 0.442 e. The monoisotopic (exact) mass is 181 g/mol. The van der Waals surface area contributed by atoms with E-state index in [1.54, 1.807) is 4.68 Å². The van der Waals surface area contributed by atoms with Crippen molar-refractivity contribution in [2.75, 3.05) is 6.54 Å². The minimum absolute atomic E-state index is 0.0909. The predicted octanol–water partition coefficient (Wildman–Crippen LogP) is 0.300. The molecule has 1 fully saturated rings. The Balaban J connectivity index is 1.95. The van der Waals surface area contributed by atoms with Gasteiger partial charge in [-0.15, -0.1) is 0 Å². The van der Waals surface area contributed by atoms with Crippen LogP contribution < -0.4 is 5.32 Å². The molecule has 2 heterocycles. The highest BCUT2D eigenvalue weighted by Gasteiger charge is 2.22. The molecule has 1 aliphatic heterocycles. The third-order valence-electron chi connectivity index (χ3n) is 1.91. The van der Waals surface area contributed by atoms with Crippen molar-refractivity contribution in [1.29, 1.82) is 0 Å². The first kappa shape index (κ1) is 8.10. The summed E-state index contributed by atoms with van der Waals surface area (Å²) in [5, 5.41) is 6.79. The topological polar surface area (TPSA) is 56.2 Å². The molecule has 5 nitrogen and oxygen atoms in total. The number of alkyl carbamates (subject to hydrolysis) is 1. The van der Waals surface area contributed by atoms with E-state index in [-0.39, 0.29) is 12.2 Å². The van der Waals surface area contributed by atoms with Crippen LogP contribution in [-0.2, 0) is 11.3 Å². The number of carbonyl (C=O) groups excluding carboxylic acids is 1. The van der Waals surface area contributed by atoms with Crippen molar-refractivity contribution in [2.45, 2.75) is 19.6 Å². The Morgan fingerprint density at radius 3 is 3.23 bits per heavy atom. The molecule has 2 rings (SSSR count). The van der Waals surface area contributed by atoms with E-state index in [0.717, 1.165) is 5.69 Å². The SMILES string of the molecule is Cc1ccn(CC2CNC(=O)O2)n1. The van der Waals surface area contributed by atoms with E-state index in [4.69, 9.17) is 4.74 Å². The Kier molecular flexibility index (Phi) is 1.92. The zero-order valence-electron chi connectivity index (χ0n) is 7.36. The van der Waals surface area contributed by atoms with Gasteiger partial charge in [-0.2, -0.15) is 5.10 Å². The number of aromatic nitrogens is 2. The minimum Gasteiger partial charge on any atom is -0.442 e. The van der Waals surface area contributed by atoms with Crippen molar-refractivity contribution in [2.24, 2.45) is 0 Å². The summed E-state index contributed by atoms with van der Waals surface area (Å²) in [6.45, 7) is 3.11. The predicted molar refractivity (Wildman–Crippen MR) is 45.2 cm³/mol. The van der Waals surface area contributed by atoms with Crippen LogP contribution in [-0.4, -0.2) is 28.5 Å². The average Bonchev–Trinajstić information content (AvgIpc) is 2.62. The fourth-order valence-electron chi connectivity index (χ4n) is 1.31. The standard InChI is InChI=1S/C8H11N3O2/c1-6-2-3-11(10-6)5-7-4-9-8(12)13-7/h2-3,7H,4-5H2,1H3,(H,9,12). The molecular formula is C8H11N3O2. The molecule has 0 aromatic carbocycles. The molecule has 5 heteroatoms. The van der Waals surface area contributed by atoms with E-state index in [9.17, 15) is 4.79 Å². The molecular weight excluding hydrogens is 170 g/mol. The zero-order valence-corrected chi connectivity index (χ0v) is 7.36. The van der Waals surface area contributed by atoms with Gasteiger partial charge >= 0.3 is 6.09 Å². The molecule has 1 atom stereocenters. The van der Waals surface area contributed by atoms with Gasteiger partial charge in [0.2, 0.25) is 0 Å². The molecule has 1 unspecified atom stereocenters. The first-order valence-electron chi connectivity index (χ1n) is 4.18. The first-order valence-corrected chi connectivity index (χ1v) is 4.18. The van der Waals surface area contributed by atoms with Crippen molar-refractivity contribution >= 4 is 6.09 Å². The van der Waals surface area contributed by atoms with Crippen LogP contribution in [0.5, 0.6) is 0 Å². The Labute approximate surface area is 75.7 Å². The second kappa shape index (κ2) is 3.08. The highest BCUT2D eigenvalue weighted by Crippen LogP contribution is 2.03. The van der Waals surface area contributed by atoms with Crippen molar-refractivity contribution in [1.82, 2.24) is 15.1 Å². The summed E-state index contributed by atoms with van der Waals surface area (Å²) in [6.07, 6.45) is 1.45. The normalized spacial score (nSPS) is 21.3. The smallest absolute Gasteiger partial charge is 0.407 e. The maximum atomic E-state index is 10.7. The van der Waals surface area contributed by atoms with Gasteiger partial charge in [0.1, 0.15) is 6.10 Å². The van der Waals surface area contributed by atoms with Gasteiger partial charge in [-0.05, 0) is 13.0 Å². The van der Waals surface area contributed by atoms with Gasteiger partial charge in [0.15, 0.2) is 0 Å². The second-order valence-electron chi connectivity index (χ2n) is 3.09. The molecule has 70 valence electrons. The molecule has 0 bridgehead atoms. The van der Waals surface area contributed by atoms with Crippen LogP contribution in [0.3, 0.4) is 0 Å². The number of hydrogen-bond acceptors (Lipinski definition) is 3. The van der Waals surface area contributed by atoms with Gasteiger partial charge in [0, 0.05) is 6.20 Å². The third kappa shape index (κ3) is 1.80. The van der Waals surface area contributed by atoms with Gasteiger partial charge in [0.05, 0.1) is 18.8 Å².